The maximum atomic E-state index is 12.4. The van der Waals surface area contributed by atoms with Crippen molar-refractivity contribution in [3.63, 3.8) is 0 Å². The van der Waals surface area contributed by atoms with Gasteiger partial charge < -0.3 is 19.0 Å². The largest absolute Gasteiger partial charge is 0.494 e. The van der Waals surface area contributed by atoms with E-state index >= 15 is 0 Å². The molecule has 0 aliphatic carbocycles. The number of benzene rings is 2. The lowest BCUT2D eigenvalue weighted by molar-refractivity contribution is 0.0909. The van der Waals surface area contributed by atoms with E-state index in [4.69, 9.17) is 14.1 Å². The number of nitrogens with one attached hydrogen (secondary N) is 1. The zero-order valence-electron chi connectivity index (χ0n) is 17.0. The predicted octanol–water partition coefficient (Wildman–Crippen LogP) is 4.98. The summed E-state index contributed by atoms with van der Waals surface area (Å²) < 4.78 is 13.2. The minimum Gasteiger partial charge on any atom is -0.494 e. The average molecular weight is 403 g/mol. The highest BCUT2D eigenvalue weighted by atomic mass is 16.5. The highest BCUT2D eigenvalue weighted by Crippen LogP contribution is 2.22. The van der Waals surface area contributed by atoms with Gasteiger partial charge in [-0.05, 0) is 56.2 Å². The van der Waals surface area contributed by atoms with Gasteiger partial charge in [-0.2, -0.15) is 0 Å². The summed E-state index contributed by atoms with van der Waals surface area (Å²) in [6.07, 6.45) is 3.36. The summed E-state index contributed by atoms with van der Waals surface area (Å²) in [5.41, 5.74) is 1.99. The summed E-state index contributed by atoms with van der Waals surface area (Å²) in [5.74, 6) is 1.77. The van der Waals surface area contributed by atoms with E-state index in [2.05, 4.69) is 16.0 Å². The summed E-state index contributed by atoms with van der Waals surface area (Å²) >= 11 is 0. The number of para-hydroxylation sites is 3. The average Bonchev–Trinajstić information content (AvgIpc) is 3.43. The number of aromatic nitrogens is 2. The molecule has 30 heavy (non-hydrogen) atoms. The van der Waals surface area contributed by atoms with Crippen LogP contribution in [0.5, 0.6) is 5.75 Å². The van der Waals surface area contributed by atoms with Crippen molar-refractivity contribution in [1.29, 1.82) is 0 Å². The molecular weight excluding hydrogens is 378 g/mol. The third-order valence-corrected chi connectivity index (χ3v) is 4.95. The van der Waals surface area contributed by atoms with Crippen LogP contribution in [-0.4, -0.2) is 22.1 Å². The molecule has 0 spiro atoms. The molecule has 6 nitrogen and oxygen atoms in total. The molecule has 0 saturated carbocycles. The molecule has 1 N–H and O–H groups in total. The molecule has 1 amide bonds. The fourth-order valence-corrected chi connectivity index (χ4v) is 3.48. The Morgan fingerprint density at radius 2 is 1.87 bits per heavy atom. The Bertz CT molecular complexity index is 1090. The van der Waals surface area contributed by atoms with Gasteiger partial charge in [0, 0.05) is 6.54 Å². The molecule has 1 unspecified atom stereocenters. The van der Waals surface area contributed by atoms with Crippen LogP contribution in [-0.2, 0) is 6.54 Å². The number of aryl methyl sites for hydroxylation is 1. The number of amides is 1. The van der Waals surface area contributed by atoms with Crippen LogP contribution in [0.3, 0.4) is 0 Å². The van der Waals surface area contributed by atoms with Crippen molar-refractivity contribution < 1.29 is 13.9 Å². The smallest absolute Gasteiger partial charge is 0.287 e. The first-order valence-corrected chi connectivity index (χ1v) is 10.2. The highest BCUT2D eigenvalue weighted by Gasteiger charge is 2.19. The van der Waals surface area contributed by atoms with Gasteiger partial charge in [-0.25, -0.2) is 4.98 Å². The Hall–Kier alpha value is -3.54. The number of nitrogens with zero attached hydrogens (tertiary/aromatic N) is 2. The molecule has 0 radical (unpaired) electrons. The number of rotatable bonds is 9. The van der Waals surface area contributed by atoms with E-state index in [1.54, 1.807) is 12.1 Å². The van der Waals surface area contributed by atoms with Gasteiger partial charge in [0.1, 0.15) is 11.6 Å². The standard InChI is InChI=1S/C24H25N3O3/c1-18(25-24(28)22-14-9-17-30-22)23-26-20-12-5-6-13-21(20)27(23)15-7-8-16-29-19-10-3-2-4-11-19/h2-6,9-14,17-18H,7-8,15-16H2,1H3,(H,25,28). The molecule has 0 bridgehead atoms. The first-order chi connectivity index (χ1) is 14.7. The summed E-state index contributed by atoms with van der Waals surface area (Å²) in [6.45, 7) is 3.41. The molecule has 4 aromatic rings. The van der Waals surface area contributed by atoms with E-state index in [1.807, 2.05) is 55.5 Å². The second-order valence-corrected chi connectivity index (χ2v) is 7.15. The summed E-state index contributed by atoms with van der Waals surface area (Å²) in [7, 11) is 0. The first-order valence-electron chi connectivity index (χ1n) is 10.2. The highest BCUT2D eigenvalue weighted by molar-refractivity contribution is 5.91. The van der Waals surface area contributed by atoms with E-state index in [1.165, 1.54) is 6.26 Å². The second-order valence-electron chi connectivity index (χ2n) is 7.15. The van der Waals surface area contributed by atoms with Gasteiger partial charge in [0.15, 0.2) is 5.76 Å². The lowest BCUT2D eigenvalue weighted by Crippen LogP contribution is -2.28. The molecule has 1 atom stereocenters. The van der Waals surface area contributed by atoms with E-state index in [-0.39, 0.29) is 11.9 Å². The molecule has 0 fully saturated rings. The van der Waals surface area contributed by atoms with Crippen LogP contribution < -0.4 is 10.1 Å². The molecule has 2 aromatic heterocycles. The van der Waals surface area contributed by atoms with E-state index in [0.717, 1.165) is 42.0 Å². The van der Waals surface area contributed by atoms with Crippen molar-refractivity contribution in [2.45, 2.75) is 32.4 Å². The van der Waals surface area contributed by atoms with Gasteiger partial charge in [-0.15, -0.1) is 0 Å². The van der Waals surface area contributed by atoms with Crippen LogP contribution >= 0.6 is 0 Å². The van der Waals surface area contributed by atoms with Crippen molar-refractivity contribution >= 4 is 16.9 Å². The van der Waals surface area contributed by atoms with Gasteiger partial charge >= 0.3 is 0 Å². The van der Waals surface area contributed by atoms with Crippen molar-refractivity contribution in [2.75, 3.05) is 6.61 Å². The normalized spacial score (nSPS) is 12.0. The summed E-state index contributed by atoms with van der Waals surface area (Å²) in [5, 5.41) is 2.98. The van der Waals surface area contributed by atoms with Crippen LogP contribution in [0.25, 0.3) is 11.0 Å². The quantitative estimate of drug-likeness (QED) is 0.400. The van der Waals surface area contributed by atoms with Crippen molar-refractivity contribution in [3.05, 3.63) is 84.6 Å². The predicted molar refractivity (Wildman–Crippen MR) is 115 cm³/mol. The Labute approximate surface area is 175 Å². The third kappa shape index (κ3) is 4.54. The molecule has 2 aromatic carbocycles. The van der Waals surface area contributed by atoms with Crippen LogP contribution in [0.1, 0.15) is 42.2 Å². The van der Waals surface area contributed by atoms with Crippen LogP contribution in [0.4, 0.5) is 0 Å². The molecule has 0 aliphatic rings. The topological polar surface area (TPSA) is 69.3 Å². The SMILES string of the molecule is CC(NC(=O)c1ccco1)c1nc2ccccc2n1CCCCOc1ccccc1. The molecule has 6 heteroatoms. The molecule has 2 heterocycles. The number of furan rings is 1. The number of fused-ring (bicyclic) bond motifs is 1. The maximum Gasteiger partial charge on any atom is 0.287 e. The zero-order chi connectivity index (χ0) is 20.8. The van der Waals surface area contributed by atoms with Crippen LogP contribution in [0.2, 0.25) is 0 Å². The van der Waals surface area contributed by atoms with E-state index in [0.29, 0.717) is 12.4 Å². The van der Waals surface area contributed by atoms with Gasteiger partial charge in [0.05, 0.1) is 29.9 Å². The van der Waals surface area contributed by atoms with Gasteiger partial charge in [0.2, 0.25) is 0 Å². The van der Waals surface area contributed by atoms with Gasteiger partial charge in [-0.1, -0.05) is 30.3 Å². The number of unbranched alkanes of at least 4 members (excludes halogenated alkanes) is 1. The molecule has 0 saturated heterocycles. The number of carbonyl (C=O) groups is 1. The van der Waals surface area contributed by atoms with Crippen LogP contribution in [0.15, 0.2) is 77.4 Å². The van der Waals surface area contributed by atoms with Gasteiger partial charge in [-0.3, -0.25) is 4.79 Å². The maximum absolute atomic E-state index is 12.4. The number of carbonyl (C=O) groups excluding carboxylic acids is 1. The molecule has 0 aliphatic heterocycles. The fraction of sp³-hybridized carbons (Fsp3) is 0.250. The number of ether oxygens (including phenoxy) is 1. The number of hydrogen-bond donors (Lipinski definition) is 1. The molecule has 4 rings (SSSR count). The molecular formula is C24H25N3O3. The van der Waals surface area contributed by atoms with Crippen molar-refractivity contribution in [2.24, 2.45) is 0 Å². The third-order valence-electron chi connectivity index (χ3n) is 4.95. The zero-order valence-corrected chi connectivity index (χ0v) is 17.0. The second kappa shape index (κ2) is 9.31. The fourth-order valence-electron chi connectivity index (χ4n) is 3.48. The lowest BCUT2D eigenvalue weighted by Gasteiger charge is -2.16. The Morgan fingerprint density at radius 3 is 2.67 bits per heavy atom. The van der Waals surface area contributed by atoms with E-state index in [9.17, 15) is 4.79 Å². The Morgan fingerprint density at radius 1 is 1.07 bits per heavy atom. The minimum atomic E-state index is -0.254. The van der Waals surface area contributed by atoms with Crippen molar-refractivity contribution in [1.82, 2.24) is 14.9 Å². The first kappa shape index (κ1) is 19.8. The van der Waals surface area contributed by atoms with Crippen LogP contribution in [0, 0.1) is 0 Å². The lowest BCUT2D eigenvalue weighted by atomic mass is 10.2. The summed E-state index contributed by atoms with van der Waals surface area (Å²) in [4.78, 5) is 17.2. The Kier molecular flexibility index (Phi) is 6.13. The summed E-state index contributed by atoms with van der Waals surface area (Å²) in [6, 6.07) is 21.0. The van der Waals surface area contributed by atoms with Gasteiger partial charge in [0.25, 0.3) is 5.91 Å². The Balaban J connectivity index is 1.42. The van der Waals surface area contributed by atoms with Crippen molar-refractivity contribution in [3.8, 4) is 5.75 Å². The minimum absolute atomic E-state index is 0.248. The monoisotopic (exact) mass is 403 g/mol. The number of hydrogen-bond acceptors (Lipinski definition) is 4. The number of imidazole rings is 1. The molecule has 154 valence electrons. The van der Waals surface area contributed by atoms with E-state index < -0.39 is 0 Å².